The van der Waals surface area contributed by atoms with E-state index in [1.165, 1.54) is 12.8 Å². The van der Waals surface area contributed by atoms with Crippen molar-refractivity contribution in [1.29, 1.82) is 0 Å². The molecule has 0 atom stereocenters. The summed E-state index contributed by atoms with van der Waals surface area (Å²) in [6.07, 6.45) is 23.4. The van der Waals surface area contributed by atoms with Gasteiger partial charge in [-0.3, -0.25) is 4.79 Å². The highest BCUT2D eigenvalue weighted by Gasteiger charge is 2.00. The summed E-state index contributed by atoms with van der Waals surface area (Å²) in [5, 5.41) is 0. The third-order valence-electron chi connectivity index (χ3n) is 3.26. The molecule has 126 valence electrons. The van der Waals surface area contributed by atoms with Crippen molar-refractivity contribution < 1.29 is 9.53 Å². The normalized spacial score (nSPS) is 11.9. The van der Waals surface area contributed by atoms with Crippen LogP contribution in [0.3, 0.4) is 0 Å². The third-order valence-corrected chi connectivity index (χ3v) is 3.26. The topological polar surface area (TPSA) is 26.3 Å². The Bertz CT molecular complexity index is 327. The van der Waals surface area contributed by atoms with Crippen LogP contribution in [0.1, 0.15) is 78.1 Å². The maximum Gasteiger partial charge on any atom is 0.305 e. The highest BCUT2D eigenvalue weighted by atomic mass is 16.5. The molecule has 0 aromatic heterocycles. The molecule has 0 saturated heterocycles. The van der Waals surface area contributed by atoms with Gasteiger partial charge in [-0.1, -0.05) is 63.1 Å². The van der Waals surface area contributed by atoms with Gasteiger partial charge in [0.05, 0.1) is 6.61 Å². The molecule has 0 saturated carbocycles. The summed E-state index contributed by atoms with van der Waals surface area (Å²) in [6.45, 7) is 4.87. The molecule has 0 unspecified atom stereocenters. The molecule has 0 aliphatic rings. The smallest absolute Gasteiger partial charge is 0.305 e. The van der Waals surface area contributed by atoms with Gasteiger partial charge in [0.2, 0.25) is 0 Å². The van der Waals surface area contributed by atoms with Crippen LogP contribution in [0.25, 0.3) is 0 Å². The summed E-state index contributed by atoms with van der Waals surface area (Å²) in [6, 6.07) is 0. The van der Waals surface area contributed by atoms with E-state index in [0.717, 1.165) is 44.9 Å². The summed E-state index contributed by atoms with van der Waals surface area (Å²) in [5.74, 6) is -0.0449. The predicted octanol–water partition coefficient (Wildman–Crippen LogP) is 6.14. The molecule has 2 nitrogen and oxygen atoms in total. The van der Waals surface area contributed by atoms with Crippen molar-refractivity contribution in [1.82, 2.24) is 0 Å². The second kappa shape index (κ2) is 17.7. The fourth-order valence-electron chi connectivity index (χ4n) is 1.88. The van der Waals surface area contributed by atoms with E-state index in [-0.39, 0.29) is 5.97 Å². The molecule has 0 aromatic carbocycles. The van der Waals surface area contributed by atoms with E-state index in [1.807, 2.05) is 0 Å². The molecule has 0 fully saturated rings. The summed E-state index contributed by atoms with van der Waals surface area (Å²) in [7, 11) is 0. The molecule has 0 spiro atoms. The fraction of sp³-hybridized carbons (Fsp3) is 0.650. The zero-order valence-corrected chi connectivity index (χ0v) is 14.6. The van der Waals surface area contributed by atoms with Crippen molar-refractivity contribution in [3.63, 3.8) is 0 Å². The van der Waals surface area contributed by atoms with E-state index in [9.17, 15) is 4.79 Å². The van der Waals surface area contributed by atoms with E-state index in [4.69, 9.17) is 4.74 Å². The lowest BCUT2D eigenvalue weighted by atomic mass is 10.2. The van der Waals surface area contributed by atoms with Gasteiger partial charge in [0.15, 0.2) is 0 Å². The lowest BCUT2D eigenvalue weighted by Crippen LogP contribution is -2.05. The first kappa shape index (κ1) is 20.7. The van der Waals surface area contributed by atoms with Crippen LogP contribution in [0.2, 0.25) is 0 Å². The number of rotatable bonds is 14. The molecule has 0 heterocycles. The predicted molar refractivity (Wildman–Crippen MR) is 95.9 cm³/mol. The maximum absolute atomic E-state index is 11.4. The number of unbranched alkanes of at least 4 members (excludes halogenated alkanes) is 4. The second-order valence-electron chi connectivity index (χ2n) is 5.49. The van der Waals surface area contributed by atoms with Crippen LogP contribution in [0.5, 0.6) is 0 Å². The van der Waals surface area contributed by atoms with Crippen molar-refractivity contribution in [2.24, 2.45) is 0 Å². The fourth-order valence-corrected chi connectivity index (χ4v) is 1.88. The maximum atomic E-state index is 11.4. The average molecular weight is 306 g/mol. The minimum absolute atomic E-state index is 0.0449. The van der Waals surface area contributed by atoms with Gasteiger partial charge in [0, 0.05) is 6.42 Å². The molecular formula is C20H34O2. The lowest BCUT2D eigenvalue weighted by molar-refractivity contribution is -0.143. The van der Waals surface area contributed by atoms with Gasteiger partial charge in [-0.25, -0.2) is 0 Å². The van der Waals surface area contributed by atoms with Gasteiger partial charge in [-0.15, -0.1) is 0 Å². The van der Waals surface area contributed by atoms with Crippen LogP contribution >= 0.6 is 0 Å². The number of hydrogen-bond acceptors (Lipinski definition) is 2. The van der Waals surface area contributed by atoms with Gasteiger partial charge >= 0.3 is 5.97 Å². The average Bonchev–Trinajstić information content (AvgIpc) is 2.52. The lowest BCUT2D eigenvalue weighted by Gasteiger charge is -2.02. The number of allylic oxidation sites excluding steroid dienone is 6. The van der Waals surface area contributed by atoms with E-state index in [1.54, 1.807) is 0 Å². The first-order chi connectivity index (χ1) is 10.8. The Kier molecular flexibility index (Phi) is 16.7. The molecule has 0 N–H and O–H groups in total. The summed E-state index contributed by atoms with van der Waals surface area (Å²) < 4.78 is 5.12. The zero-order valence-electron chi connectivity index (χ0n) is 14.6. The first-order valence-electron chi connectivity index (χ1n) is 8.91. The van der Waals surface area contributed by atoms with Crippen molar-refractivity contribution in [2.45, 2.75) is 78.1 Å². The molecule has 0 rings (SSSR count). The number of carbonyl (C=O) groups is 1. The molecule has 0 amide bonds. The molecule has 0 radical (unpaired) electrons. The third kappa shape index (κ3) is 16.7. The van der Waals surface area contributed by atoms with Crippen molar-refractivity contribution >= 4 is 5.97 Å². The second-order valence-corrected chi connectivity index (χ2v) is 5.49. The van der Waals surface area contributed by atoms with Crippen molar-refractivity contribution in [2.75, 3.05) is 6.61 Å². The van der Waals surface area contributed by atoms with Gasteiger partial charge in [-0.05, 0) is 44.9 Å². The molecule has 0 aromatic rings. The monoisotopic (exact) mass is 306 g/mol. The van der Waals surface area contributed by atoms with E-state index >= 15 is 0 Å². The van der Waals surface area contributed by atoms with Crippen molar-refractivity contribution in [3.8, 4) is 0 Å². The number of hydrogen-bond donors (Lipinski definition) is 0. The van der Waals surface area contributed by atoms with Gasteiger partial charge in [-0.2, -0.15) is 0 Å². The van der Waals surface area contributed by atoms with E-state index < -0.39 is 0 Å². The van der Waals surface area contributed by atoms with Crippen LogP contribution in [0.15, 0.2) is 36.5 Å². The SMILES string of the molecule is CCCC=CCC=CCC=CCCCCC(=O)OCCCC. The Morgan fingerprint density at radius 2 is 1.41 bits per heavy atom. The first-order valence-corrected chi connectivity index (χ1v) is 8.91. The van der Waals surface area contributed by atoms with Crippen LogP contribution in [0.4, 0.5) is 0 Å². The molecule has 0 aliphatic carbocycles. The van der Waals surface area contributed by atoms with E-state index in [2.05, 4.69) is 50.3 Å². The van der Waals surface area contributed by atoms with E-state index in [0.29, 0.717) is 13.0 Å². The highest BCUT2D eigenvalue weighted by Crippen LogP contribution is 2.03. The Balaban J connectivity index is 3.36. The molecule has 22 heavy (non-hydrogen) atoms. The Morgan fingerprint density at radius 1 is 0.773 bits per heavy atom. The van der Waals surface area contributed by atoms with Gasteiger partial charge in [0.25, 0.3) is 0 Å². The van der Waals surface area contributed by atoms with Crippen LogP contribution in [0, 0.1) is 0 Å². The number of carbonyl (C=O) groups excluding carboxylic acids is 1. The molecular weight excluding hydrogens is 272 g/mol. The highest BCUT2D eigenvalue weighted by molar-refractivity contribution is 5.69. The van der Waals surface area contributed by atoms with Gasteiger partial charge < -0.3 is 4.74 Å². The Labute approximate surface area is 137 Å². The Morgan fingerprint density at radius 3 is 2.05 bits per heavy atom. The largest absolute Gasteiger partial charge is 0.466 e. The number of ether oxygens (including phenoxy) is 1. The Hall–Kier alpha value is -1.31. The van der Waals surface area contributed by atoms with Gasteiger partial charge in [0.1, 0.15) is 0 Å². The number of esters is 1. The molecule has 2 heteroatoms. The van der Waals surface area contributed by atoms with Crippen LogP contribution in [-0.2, 0) is 9.53 Å². The zero-order chi connectivity index (χ0) is 16.3. The minimum Gasteiger partial charge on any atom is -0.466 e. The standard InChI is InChI=1S/C20H34O2/c1-3-5-7-8-9-10-11-12-13-14-15-16-17-18-20(21)22-19-6-4-2/h7-8,10-11,13-14H,3-6,9,12,15-19H2,1-2H3. The summed E-state index contributed by atoms with van der Waals surface area (Å²) >= 11 is 0. The summed E-state index contributed by atoms with van der Waals surface area (Å²) in [5.41, 5.74) is 0. The molecule has 0 bridgehead atoms. The van der Waals surface area contributed by atoms with Crippen LogP contribution < -0.4 is 0 Å². The minimum atomic E-state index is -0.0449. The van der Waals surface area contributed by atoms with Crippen LogP contribution in [-0.4, -0.2) is 12.6 Å². The van der Waals surface area contributed by atoms with Crippen molar-refractivity contribution in [3.05, 3.63) is 36.5 Å². The molecule has 0 aliphatic heterocycles. The summed E-state index contributed by atoms with van der Waals surface area (Å²) in [4.78, 5) is 11.4. The quantitative estimate of drug-likeness (QED) is 0.219.